The van der Waals surface area contributed by atoms with Gasteiger partial charge in [-0.2, -0.15) is 5.21 Å². The fraction of sp³-hybridized carbons (Fsp3) is 0.348. The van der Waals surface area contributed by atoms with E-state index in [0.717, 1.165) is 47.3 Å². The summed E-state index contributed by atoms with van der Waals surface area (Å²) in [6.45, 7) is 6.77. The summed E-state index contributed by atoms with van der Waals surface area (Å²) in [5.74, 6) is 0.543. The van der Waals surface area contributed by atoms with Crippen LogP contribution in [0.4, 0.5) is 0 Å². The number of imidazole rings is 1. The lowest BCUT2D eigenvalue weighted by Gasteiger charge is -2.10. The maximum absolute atomic E-state index is 13.0. The third-order valence-corrected chi connectivity index (χ3v) is 5.63. The van der Waals surface area contributed by atoms with Crippen molar-refractivity contribution in [1.29, 1.82) is 0 Å². The number of nitrogens with one attached hydrogen (secondary N) is 1. The number of benzene rings is 1. The number of aromatic nitrogens is 7. The Bertz CT molecular complexity index is 1190. The molecule has 31 heavy (non-hydrogen) atoms. The standard InChI is InChI=1S/C23H27N7O/c1-4-8-19-15-29(16(3)5-2)23(31)30(19)14-18-12-11-17(13-24-18)20-9-6-7-10-21(20)22-25-27-28-26-22/h6-7,9-13,15-16H,4-5,8,14H2,1-3H3,(H,25,26,27,28). The van der Waals surface area contributed by atoms with Gasteiger partial charge in [-0.15, -0.1) is 10.2 Å². The van der Waals surface area contributed by atoms with E-state index in [1.54, 1.807) is 0 Å². The van der Waals surface area contributed by atoms with Crippen LogP contribution in [0, 0.1) is 0 Å². The fourth-order valence-corrected chi connectivity index (χ4v) is 3.73. The maximum Gasteiger partial charge on any atom is 0.328 e. The van der Waals surface area contributed by atoms with E-state index in [4.69, 9.17) is 0 Å². The minimum atomic E-state index is 0.0335. The lowest BCUT2D eigenvalue weighted by Crippen LogP contribution is -2.27. The van der Waals surface area contributed by atoms with Gasteiger partial charge in [-0.05, 0) is 36.6 Å². The molecule has 3 heterocycles. The average molecular weight is 418 g/mol. The molecule has 0 amide bonds. The molecule has 1 aromatic carbocycles. The Morgan fingerprint density at radius 2 is 1.90 bits per heavy atom. The molecule has 1 unspecified atom stereocenters. The van der Waals surface area contributed by atoms with Crippen LogP contribution in [0.25, 0.3) is 22.5 Å². The quantitative estimate of drug-likeness (QED) is 0.470. The molecule has 4 rings (SSSR count). The van der Waals surface area contributed by atoms with Crippen molar-refractivity contribution < 1.29 is 0 Å². The van der Waals surface area contributed by atoms with E-state index in [9.17, 15) is 4.79 Å². The second-order valence-electron chi connectivity index (χ2n) is 7.72. The van der Waals surface area contributed by atoms with Crippen molar-refractivity contribution >= 4 is 0 Å². The third kappa shape index (κ3) is 4.19. The van der Waals surface area contributed by atoms with Gasteiger partial charge in [-0.1, -0.05) is 50.6 Å². The first-order chi connectivity index (χ1) is 15.1. The predicted octanol–water partition coefficient (Wildman–Crippen LogP) is 3.86. The van der Waals surface area contributed by atoms with Crippen LogP contribution in [-0.2, 0) is 13.0 Å². The maximum atomic E-state index is 13.0. The van der Waals surface area contributed by atoms with Crippen LogP contribution < -0.4 is 5.69 Å². The Labute approximate surface area is 181 Å². The van der Waals surface area contributed by atoms with Gasteiger partial charge in [-0.25, -0.2) is 4.79 Å². The average Bonchev–Trinajstić information content (AvgIpc) is 3.44. The first kappa shape index (κ1) is 20.7. The predicted molar refractivity (Wildman–Crippen MR) is 120 cm³/mol. The smallest absolute Gasteiger partial charge is 0.296 e. The Kier molecular flexibility index (Phi) is 6.06. The number of aromatic amines is 1. The van der Waals surface area contributed by atoms with Crippen molar-refractivity contribution in [3.8, 4) is 22.5 Å². The van der Waals surface area contributed by atoms with E-state index < -0.39 is 0 Å². The number of H-pyrrole nitrogens is 1. The molecule has 1 atom stereocenters. The summed E-state index contributed by atoms with van der Waals surface area (Å²) in [5.41, 5.74) is 4.77. The third-order valence-electron chi connectivity index (χ3n) is 5.63. The Morgan fingerprint density at radius 3 is 2.55 bits per heavy atom. The molecule has 8 heteroatoms. The second kappa shape index (κ2) is 9.07. The molecule has 8 nitrogen and oxygen atoms in total. The Hall–Kier alpha value is -3.55. The number of aryl methyl sites for hydroxylation is 1. The molecule has 4 aromatic rings. The van der Waals surface area contributed by atoms with Gasteiger partial charge in [0.05, 0.1) is 12.2 Å². The van der Waals surface area contributed by atoms with E-state index in [0.29, 0.717) is 12.4 Å². The molecule has 0 saturated heterocycles. The zero-order valence-electron chi connectivity index (χ0n) is 18.1. The topological polar surface area (TPSA) is 94.3 Å². The molecule has 160 valence electrons. The van der Waals surface area contributed by atoms with Crippen molar-refractivity contribution in [2.75, 3.05) is 0 Å². The van der Waals surface area contributed by atoms with Crippen LogP contribution in [0.5, 0.6) is 0 Å². The summed E-state index contributed by atoms with van der Waals surface area (Å²) in [5, 5.41) is 14.4. The highest BCUT2D eigenvalue weighted by atomic mass is 16.1. The number of hydrogen-bond acceptors (Lipinski definition) is 5. The number of tetrazole rings is 1. The fourth-order valence-electron chi connectivity index (χ4n) is 3.73. The SMILES string of the molecule is CCCc1cn(C(C)CC)c(=O)n1Cc1ccc(-c2ccccc2-c2nn[nH]n2)cn1. The first-order valence-electron chi connectivity index (χ1n) is 10.7. The molecule has 0 fully saturated rings. The van der Waals surface area contributed by atoms with Gasteiger partial charge < -0.3 is 0 Å². The van der Waals surface area contributed by atoms with E-state index in [1.807, 2.05) is 57.9 Å². The minimum Gasteiger partial charge on any atom is -0.296 e. The molecule has 0 aliphatic rings. The van der Waals surface area contributed by atoms with Crippen molar-refractivity contribution in [2.45, 2.75) is 52.6 Å². The van der Waals surface area contributed by atoms with Gasteiger partial charge in [0.2, 0.25) is 5.82 Å². The highest BCUT2D eigenvalue weighted by Gasteiger charge is 2.15. The molecule has 3 aromatic heterocycles. The van der Waals surface area contributed by atoms with Crippen molar-refractivity contribution in [1.82, 2.24) is 34.7 Å². The summed E-state index contributed by atoms with van der Waals surface area (Å²) in [6.07, 6.45) is 6.63. The van der Waals surface area contributed by atoms with Gasteiger partial charge in [0, 0.05) is 35.3 Å². The summed E-state index contributed by atoms with van der Waals surface area (Å²) < 4.78 is 3.70. The molecule has 0 aliphatic heterocycles. The molecule has 0 spiro atoms. The zero-order chi connectivity index (χ0) is 21.8. The van der Waals surface area contributed by atoms with Gasteiger partial charge >= 0.3 is 5.69 Å². The number of nitrogens with zero attached hydrogens (tertiary/aromatic N) is 6. The van der Waals surface area contributed by atoms with E-state index in [-0.39, 0.29) is 11.7 Å². The molecule has 0 aliphatic carbocycles. The van der Waals surface area contributed by atoms with Crippen LogP contribution in [-0.4, -0.2) is 34.7 Å². The second-order valence-corrected chi connectivity index (χ2v) is 7.72. The van der Waals surface area contributed by atoms with Crippen molar-refractivity contribution in [3.63, 3.8) is 0 Å². The summed E-state index contributed by atoms with van der Waals surface area (Å²) in [4.78, 5) is 17.7. The van der Waals surface area contributed by atoms with E-state index in [1.165, 1.54) is 0 Å². The summed E-state index contributed by atoms with van der Waals surface area (Å²) in [6, 6.07) is 12.1. The van der Waals surface area contributed by atoms with E-state index in [2.05, 4.69) is 46.4 Å². The van der Waals surface area contributed by atoms with Gasteiger partial charge in [0.15, 0.2) is 0 Å². The molecule has 0 radical (unpaired) electrons. The first-order valence-corrected chi connectivity index (χ1v) is 10.7. The van der Waals surface area contributed by atoms with Crippen LogP contribution in [0.2, 0.25) is 0 Å². The monoisotopic (exact) mass is 417 g/mol. The van der Waals surface area contributed by atoms with Gasteiger partial charge in [-0.3, -0.25) is 14.1 Å². The molecule has 0 bridgehead atoms. The van der Waals surface area contributed by atoms with Crippen LogP contribution >= 0.6 is 0 Å². The minimum absolute atomic E-state index is 0.0335. The van der Waals surface area contributed by atoms with Crippen LogP contribution in [0.3, 0.4) is 0 Å². The summed E-state index contributed by atoms with van der Waals surface area (Å²) >= 11 is 0. The number of hydrogen-bond donors (Lipinski definition) is 1. The van der Waals surface area contributed by atoms with Crippen LogP contribution in [0.15, 0.2) is 53.6 Å². The number of rotatable bonds is 8. The number of pyridine rings is 1. The Morgan fingerprint density at radius 1 is 1.10 bits per heavy atom. The molecule has 0 saturated carbocycles. The van der Waals surface area contributed by atoms with Crippen LogP contribution in [0.1, 0.15) is 51.0 Å². The largest absolute Gasteiger partial charge is 0.328 e. The Balaban J connectivity index is 1.64. The van der Waals surface area contributed by atoms with E-state index >= 15 is 0 Å². The highest BCUT2D eigenvalue weighted by molar-refractivity contribution is 5.79. The lowest BCUT2D eigenvalue weighted by atomic mass is 10.0. The lowest BCUT2D eigenvalue weighted by molar-refractivity contribution is 0.504. The van der Waals surface area contributed by atoms with Crippen molar-refractivity contribution in [3.05, 3.63) is 70.7 Å². The zero-order valence-corrected chi connectivity index (χ0v) is 18.1. The molecule has 1 N–H and O–H groups in total. The van der Waals surface area contributed by atoms with Gasteiger partial charge in [0.25, 0.3) is 0 Å². The molecular formula is C23H27N7O. The van der Waals surface area contributed by atoms with Gasteiger partial charge in [0.1, 0.15) is 0 Å². The summed E-state index contributed by atoms with van der Waals surface area (Å²) in [7, 11) is 0. The van der Waals surface area contributed by atoms with Crippen molar-refractivity contribution in [2.24, 2.45) is 0 Å². The molecular weight excluding hydrogens is 390 g/mol. The highest BCUT2D eigenvalue weighted by Crippen LogP contribution is 2.29. The normalized spacial score (nSPS) is 12.2.